The van der Waals surface area contributed by atoms with Crippen molar-refractivity contribution in [2.45, 2.75) is 75.5 Å². The van der Waals surface area contributed by atoms with Gasteiger partial charge in [-0.15, -0.1) is 0 Å². The number of benzene rings is 3. The van der Waals surface area contributed by atoms with Crippen molar-refractivity contribution in [3.63, 3.8) is 0 Å². The van der Waals surface area contributed by atoms with Crippen LogP contribution >= 0.6 is 0 Å². The normalized spacial score (nSPS) is 16.2. The number of amides is 1. The highest BCUT2D eigenvalue weighted by Crippen LogP contribution is 2.43. The van der Waals surface area contributed by atoms with Crippen LogP contribution in [0.25, 0.3) is 10.8 Å². The number of anilines is 2. The smallest absolute Gasteiger partial charge is 0.490 e. The van der Waals surface area contributed by atoms with Gasteiger partial charge in [-0.05, 0) is 81.8 Å². The highest BCUT2D eigenvalue weighted by Gasteiger charge is 2.46. The average molecular weight is 803 g/mol. The number of halogens is 3. The van der Waals surface area contributed by atoms with Crippen LogP contribution in [0.4, 0.5) is 24.8 Å². The maximum absolute atomic E-state index is 15.0. The number of fused-ring (bicyclic) bond motifs is 1. The lowest BCUT2D eigenvalue weighted by Gasteiger charge is -2.33. The molecule has 0 radical (unpaired) electrons. The van der Waals surface area contributed by atoms with Gasteiger partial charge in [-0.2, -0.15) is 13.2 Å². The number of carbonyl (C=O) groups excluding carboxylic acids is 2. The van der Waals surface area contributed by atoms with Gasteiger partial charge in [0.25, 0.3) is 0 Å². The Balaban J connectivity index is 0.000000908. The Kier molecular flexibility index (Phi) is 13.8. The number of nitrogens with two attached hydrogens (primary N) is 1. The largest absolute Gasteiger partial charge is 0.490 e. The lowest BCUT2D eigenvalue weighted by Crippen LogP contribution is -2.40. The van der Waals surface area contributed by atoms with E-state index in [4.69, 9.17) is 29.8 Å². The third-order valence-corrected chi connectivity index (χ3v) is 11.1. The van der Waals surface area contributed by atoms with E-state index in [1.165, 1.54) is 13.2 Å². The first-order valence-corrected chi connectivity index (χ1v) is 19.2. The van der Waals surface area contributed by atoms with Crippen LogP contribution in [0, 0.1) is 5.92 Å². The molecule has 4 N–H and O–H groups in total. The molecule has 0 saturated carbocycles. The Morgan fingerprint density at radius 3 is 2.25 bits per heavy atom. The molecule has 17 heteroatoms. The fraction of sp³-hybridized carbons (Fsp3) is 0.385. The molecule has 0 aliphatic carbocycles. The summed E-state index contributed by atoms with van der Waals surface area (Å²) in [4.78, 5) is 43.3. The molecule has 4 aromatic rings. The number of alkyl halides is 3. The summed E-state index contributed by atoms with van der Waals surface area (Å²) in [6, 6.07) is 19.2. The van der Waals surface area contributed by atoms with Gasteiger partial charge in [0.1, 0.15) is 17.7 Å². The molecule has 3 aromatic carbocycles. The number of pyridine rings is 1. The van der Waals surface area contributed by atoms with Crippen LogP contribution < -0.4 is 20.5 Å². The van der Waals surface area contributed by atoms with Gasteiger partial charge < -0.3 is 35.3 Å². The molecule has 0 unspecified atom stereocenters. The number of likely N-dealkylation sites (tertiary alicyclic amines) is 1. The molecule has 1 fully saturated rings. The van der Waals surface area contributed by atoms with E-state index >= 15 is 0 Å². The minimum atomic E-state index is -5.08. The molecule has 302 valence electrons. The number of esters is 1. The molecular formula is C39H45F3N4O9S. The van der Waals surface area contributed by atoms with Crippen molar-refractivity contribution in [1.29, 1.82) is 0 Å². The van der Waals surface area contributed by atoms with Gasteiger partial charge in [0.2, 0.25) is 5.91 Å². The standard InChI is InChI=1S/C37H44N4O7S.C2HF3O2/c1-7-47-30-20-25(16-17-29(30)48-22(2)3)33(39-32-21-24-12-8-9-13-26(24)35(38)40-32)36(42)41-19-18-28(37(43)46-6)34(41)27-14-10-11-15-31(27)49(44,45)23(4)5;3-2(4,5)1(6)7/h8-17,20-23,28,33-34H,7,18-19H2,1-6H3,(H3,38,39,40);(H,6,7)/t28-,33+,34-;/m0./s1. The topological polar surface area (TPSA) is 187 Å². The van der Waals surface area contributed by atoms with Crippen LogP contribution in [0.1, 0.15) is 64.3 Å². The minimum Gasteiger partial charge on any atom is -0.490 e. The first kappa shape index (κ1) is 43.2. The third-order valence-electron chi connectivity index (χ3n) is 8.86. The van der Waals surface area contributed by atoms with Gasteiger partial charge in [0.15, 0.2) is 21.3 Å². The number of carbonyl (C=O) groups is 3. The maximum Gasteiger partial charge on any atom is 0.490 e. The van der Waals surface area contributed by atoms with E-state index in [2.05, 4.69) is 10.3 Å². The van der Waals surface area contributed by atoms with Crippen LogP contribution in [0.2, 0.25) is 0 Å². The van der Waals surface area contributed by atoms with Gasteiger partial charge in [0, 0.05) is 11.9 Å². The van der Waals surface area contributed by atoms with Gasteiger partial charge in [-0.25, -0.2) is 18.2 Å². The van der Waals surface area contributed by atoms with E-state index in [0.29, 0.717) is 40.9 Å². The summed E-state index contributed by atoms with van der Waals surface area (Å²) in [6.07, 6.45) is -4.92. The van der Waals surface area contributed by atoms with E-state index in [-0.39, 0.29) is 24.0 Å². The molecule has 13 nitrogen and oxygen atoms in total. The summed E-state index contributed by atoms with van der Waals surface area (Å²) in [5, 5.41) is 11.3. The number of rotatable bonds is 12. The summed E-state index contributed by atoms with van der Waals surface area (Å²) < 4.78 is 76.0. The Morgan fingerprint density at radius 2 is 1.64 bits per heavy atom. The molecule has 0 spiro atoms. The van der Waals surface area contributed by atoms with Crippen LogP contribution in [-0.4, -0.2) is 79.0 Å². The number of aliphatic carboxylic acids is 1. The molecular weight excluding hydrogens is 758 g/mol. The zero-order valence-electron chi connectivity index (χ0n) is 31.7. The number of nitrogens with one attached hydrogen (secondary N) is 1. The molecule has 56 heavy (non-hydrogen) atoms. The maximum atomic E-state index is 15.0. The van der Waals surface area contributed by atoms with Crippen molar-refractivity contribution in [2.75, 3.05) is 31.3 Å². The Morgan fingerprint density at radius 1 is 1.00 bits per heavy atom. The number of hydrogen-bond donors (Lipinski definition) is 3. The lowest BCUT2D eigenvalue weighted by molar-refractivity contribution is -0.192. The number of nitrogen functional groups attached to an aromatic ring is 1. The first-order valence-electron chi connectivity index (χ1n) is 17.7. The third kappa shape index (κ3) is 9.80. The van der Waals surface area contributed by atoms with Crippen molar-refractivity contribution >= 4 is 50.1 Å². The molecule has 1 aliphatic rings. The molecule has 1 aromatic heterocycles. The van der Waals surface area contributed by atoms with Crippen LogP contribution in [0.15, 0.2) is 77.7 Å². The second-order valence-electron chi connectivity index (χ2n) is 13.3. The number of ether oxygens (including phenoxy) is 3. The van der Waals surface area contributed by atoms with Crippen molar-refractivity contribution in [2.24, 2.45) is 5.92 Å². The Bertz CT molecular complexity index is 2160. The molecule has 2 heterocycles. The van der Waals surface area contributed by atoms with Crippen LogP contribution in [0.5, 0.6) is 11.5 Å². The molecule has 3 atom stereocenters. The molecule has 1 saturated heterocycles. The predicted octanol–water partition coefficient (Wildman–Crippen LogP) is 6.73. The van der Waals surface area contributed by atoms with Crippen LogP contribution in [-0.2, 0) is 29.0 Å². The van der Waals surface area contributed by atoms with E-state index < -0.39 is 57.1 Å². The number of carboxylic acid groups (broad SMARTS) is 1. The van der Waals surface area contributed by atoms with Crippen molar-refractivity contribution < 1.29 is 55.3 Å². The quantitative estimate of drug-likeness (QED) is 0.128. The van der Waals surface area contributed by atoms with Crippen molar-refractivity contribution in [1.82, 2.24) is 9.88 Å². The predicted molar refractivity (Wildman–Crippen MR) is 203 cm³/mol. The van der Waals surface area contributed by atoms with E-state index in [1.807, 2.05) is 51.1 Å². The highest BCUT2D eigenvalue weighted by atomic mass is 32.2. The fourth-order valence-electron chi connectivity index (χ4n) is 6.29. The average Bonchev–Trinajstić information content (AvgIpc) is 3.59. The van der Waals surface area contributed by atoms with Crippen molar-refractivity contribution in [3.8, 4) is 11.5 Å². The van der Waals surface area contributed by atoms with Crippen molar-refractivity contribution in [3.05, 3.63) is 83.9 Å². The molecule has 5 rings (SSSR count). The fourth-order valence-corrected chi connectivity index (χ4v) is 7.58. The second kappa shape index (κ2) is 17.9. The summed E-state index contributed by atoms with van der Waals surface area (Å²) >= 11 is 0. The van der Waals surface area contributed by atoms with Gasteiger partial charge >= 0.3 is 18.1 Å². The zero-order chi connectivity index (χ0) is 41.5. The summed E-state index contributed by atoms with van der Waals surface area (Å²) in [7, 11) is -2.49. The van der Waals surface area contributed by atoms with Gasteiger partial charge in [-0.1, -0.05) is 48.5 Å². The lowest BCUT2D eigenvalue weighted by atomic mass is 9.93. The minimum absolute atomic E-state index is 0.0749. The zero-order valence-corrected chi connectivity index (χ0v) is 32.5. The first-order chi connectivity index (χ1) is 26.3. The number of hydrogen-bond acceptors (Lipinski definition) is 11. The van der Waals surface area contributed by atoms with E-state index in [1.54, 1.807) is 55.1 Å². The highest BCUT2D eigenvalue weighted by molar-refractivity contribution is 7.92. The second-order valence-corrected chi connectivity index (χ2v) is 15.8. The summed E-state index contributed by atoms with van der Waals surface area (Å²) in [5.74, 6) is -2.85. The van der Waals surface area contributed by atoms with E-state index in [0.717, 1.165) is 10.8 Å². The van der Waals surface area contributed by atoms with Gasteiger partial charge in [0.05, 0.1) is 41.9 Å². The Labute approximate surface area is 322 Å². The van der Waals surface area contributed by atoms with E-state index in [9.17, 15) is 31.2 Å². The monoisotopic (exact) mass is 802 g/mol. The van der Waals surface area contributed by atoms with Gasteiger partial charge in [-0.3, -0.25) is 9.59 Å². The number of aromatic nitrogens is 1. The number of nitrogens with zero attached hydrogens (tertiary/aromatic N) is 2. The summed E-state index contributed by atoms with van der Waals surface area (Å²) in [6.45, 7) is 9.43. The SMILES string of the molecule is CCOc1cc([C@@H](Nc2cc3ccccc3c(N)n2)C(=O)N2CC[C@H](C(=O)OC)[C@@H]2c2ccccc2S(=O)(=O)C(C)C)ccc1OC(C)C.O=C(O)C(F)(F)F. The molecule has 1 aliphatic heterocycles. The number of carboxylic acids is 1. The number of methoxy groups -OCH3 is 1. The summed E-state index contributed by atoms with van der Waals surface area (Å²) in [5.41, 5.74) is 7.26. The number of sulfone groups is 1. The Hall–Kier alpha value is -5.58. The molecule has 1 amide bonds. The van der Waals surface area contributed by atoms with Crippen LogP contribution in [0.3, 0.4) is 0 Å². The molecule has 0 bridgehead atoms.